The van der Waals surface area contributed by atoms with Gasteiger partial charge in [-0.15, -0.1) is 0 Å². The third-order valence-electron chi connectivity index (χ3n) is 5.64. The van der Waals surface area contributed by atoms with Gasteiger partial charge in [0.05, 0.1) is 24.8 Å². The number of benzene rings is 1. The van der Waals surface area contributed by atoms with Crippen LogP contribution in [0.1, 0.15) is 35.4 Å². The number of hydrogen-bond donors (Lipinski definition) is 2. The first-order chi connectivity index (χ1) is 15.1. The maximum absolute atomic E-state index is 12.5. The van der Waals surface area contributed by atoms with Crippen molar-refractivity contribution in [3.8, 4) is 0 Å². The van der Waals surface area contributed by atoms with Crippen molar-refractivity contribution in [2.24, 2.45) is 0 Å². The average molecular weight is 451 g/mol. The summed E-state index contributed by atoms with van der Waals surface area (Å²) in [6, 6.07) is 9.22. The fourth-order valence-corrected chi connectivity index (χ4v) is 3.94. The molecule has 1 saturated heterocycles. The van der Waals surface area contributed by atoms with Crippen molar-refractivity contribution in [1.82, 2.24) is 25.3 Å². The molecule has 1 aliphatic rings. The van der Waals surface area contributed by atoms with Gasteiger partial charge in [0.25, 0.3) is 0 Å². The molecule has 2 aromatic rings. The Balaban J connectivity index is 1.54. The number of likely N-dealkylation sites (tertiary alicyclic amines) is 1. The van der Waals surface area contributed by atoms with Crippen LogP contribution >= 0.6 is 0 Å². The van der Waals surface area contributed by atoms with Gasteiger partial charge < -0.3 is 10.6 Å². The van der Waals surface area contributed by atoms with Crippen LogP contribution in [0.3, 0.4) is 0 Å². The molecule has 7 nitrogen and oxygen atoms in total. The Morgan fingerprint density at radius 1 is 1.16 bits per heavy atom. The zero-order valence-electron chi connectivity index (χ0n) is 18.2. The van der Waals surface area contributed by atoms with Crippen LogP contribution in [0.15, 0.2) is 30.3 Å². The molecule has 1 aromatic heterocycles. The standard InChI is InChI=1S/C22H28F3N5O2/c1-15-18(16(2)30(28-15)12-17-7-4-3-5-8-17)11-26-20(31)13-29-10-6-9-19(29)21(32)27-14-22(23,24)25/h3-5,7-8,19H,6,9-14H2,1-2H3,(H,26,31)(H,27,32). The third-order valence-corrected chi connectivity index (χ3v) is 5.64. The maximum atomic E-state index is 12.5. The zero-order valence-corrected chi connectivity index (χ0v) is 18.2. The van der Waals surface area contributed by atoms with E-state index in [0.29, 0.717) is 32.5 Å². The predicted octanol–water partition coefficient (Wildman–Crippen LogP) is 2.31. The molecule has 0 radical (unpaired) electrons. The SMILES string of the molecule is Cc1nn(Cc2ccccc2)c(C)c1CNC(=O)CN1CCCC1C(=O)NCC(F)(F)F. The molecule has 1 fully saturated rings. The molecule has 1 atom stereocenters. The van der Waals surface area contributed by atoms with Crippen LogP contribution in [0, 0.1) is 13.8 Å². The Morgan fingerprint density at radius 2 is 1.88 bits per heavy atom. The highest BCUT2D eigenvalue weighted by Crippen LogP contribution is 2.19. The van der Waals surface area contributed by atoms with E-state index >= 15 is 0 Å². The second kappa shape index (κ2) is 10.2. The van der Waals surface area contributed by atoms with E-state index in [1.807, 2.05) is 54.2 Å². The summed E-state index contributed by atoms with van der Waals surface area (Å²) in [6.07, 6.45) is -3.37. The van der Waals surface area contributed by atoms with Crippen LogP contribution in [-0.2, 0) is 22.7 Å². The molecule has 32 heavy (non-hydrogen) atoms. The molecule has 174 valence electrons. The molecule has 10 heteroatoms. The summed E-state index contributed by atoms with van der Waals surface area (Å²) in [6.45, 7) is 3.84. The minimum absolute atomic E-state index is 0.0413. The van der Waals surface area contributed by atoms with Gasteiger partial charge in [0, 0.05) is 17.8 Å². The number of carbonyl (C=O) groups is 2. The summed E-state index contributed by atoms with van der Waals surface area (Å²) in [5.41, 5.74) is 3.83. The normalized spacial score (nSPS) is 16.8. The molecule has 2 heterocycles. The molecule has 0 aliphatic carbocycles. The molecule has 2 amide bonds. The van der Waals surface area contributed by atoms with Gasteiger partial charge in [-0.1, -0.05) is 30.3 Å². The number of carbonyl (C=O) groups excluding carboxylic acids is 2. The quantitative estimate of drug-likeness (QED) is 0.646. The Bertz CT molecular complexity index is 943. The lowest BCUT2D eigenvalue weighted by molar-refractivity contribution is -0.141. The number of halogens is 3. The Labute approximate surface area is 185 Å². The lowest BCUT2D eigenvalue weighted by atomic mass is 10.2. The van der Waals surface area contributed by atoms with E-state index in [0.717, 1.165) is 22.5 Å². The molecular formula is C22H28F3N5O2. The fraction of sp³-hybridized carbons (Fsp3) is 0.500. The summed E-state index contributed by atoms with van der Waals surface area (Å²) in [5.74, 6) is -0.975. The zero-order chi connectivity index (χ0) is 23.3. The van der Waals surface area contributed by atoms with E-state index < -0.39 is 24.7 Å². The van der Waals surface area contributed by atoms with Crippen molar-refractivity contribution >= 4 is 11.8 Å². The van der Waals surface area contributed by atoms with E-state index in [4.69, 9.17) is 0 Å². The minimum atomic E-state index is -4.46. The van der Waals surface area contributed by atoms with Crippen LogP contribution in [0.25, 0.3) is 0 Å². The Hall–Kier alpha value is -2.88. The summed E-state index contributed by atoms with van der Waals surface area (Å²) < 4.78 is 39.0. The van der Waals surface area contributed by atoms with Crippen LogP contribution < -0.4 is 10.6 Å². The first-order valence-electron chi connectivity index (χ1n) is 10.6. The molecule has 1 unspecified atom stereocenters. The fourth-order valence-electron chi connectivity index (χ4n) is 3.94. The molecule has 0 saturated carbocycles. The lowest BCUT2D eigenvalue weighted by Gasteiger charge is -2.23. The van der Waals surface area contributed by atoms with Gasteiger partial charge in [-0.05, 0) is 38.8 Å². The number of nitrogens with zero attached hydrogens (tertiary/aromatic N) is 3. The monoisotopic (exact) mass is 451 g/mol. The van der Waals surface area contributed by atoms with Crippen LogP contribution in [-0.4, -0.2) is 58.3 Å². The van der Waals surface area contributed by atoms with E-state index in [1.165, 1.54) is 0 Å². The van der Waals surface area contributed by atoms with Gasteiger partial charge in [0.2, 0.25) is 11.8 Å². The summed E-state index contributed by atoms with van der Waals surface area (Å²) in [5, 5.41) is 9.34. The van der Waals surface area contributed by atoms with E-state index in [1.54, 1.807) is 4.90 Å². The maximum Gasteiger partial charge on any atom is 0.405 e. The average Bonchev–Trinajstić information content (AvgIpc) is 3.29. The molecule has 1 aliphatic heterocycles. The Morgan fingerprint density at radius 3 is 2.56 bits per heavy atom. The second-order valence-electron chi connectivity index (χ2n) is 8.03. The third kappa shape index (κ3) is 6.32. The van der Waals surface area contributed by atoms with Gasteiger partial charge in [0.1, 0.15) is 6.54 Å². The molecule has 3 rings (SSSR count). The van der Waals surface area contributed by atoms with Gasteiger partial charge in [-0.25, -0.2) is 0 Å². The molecule has 0 spiro atoms. The number of rotatable bonds is 8. The number of alkyl halides is 3. The highest BCUT2D eigenvalue weighted by Gasteiger charge is 2.34. The van der Waals surface area contributed by atoms with Crippen molar-refractivity contribution in [1.29, 1.82) is 0 Å². The Kier molecular flexibility index (Phi) is 7.55. The van der Waals surface area contributed by atoms with Crippen molar-refractivity contribution in [2.45, 2.75) is 52.0 Å². The number of hydrogen-bond acceptors (Lipinski definition) is 4. The highest BCUT2D eigenvalue weighted by molar-refractivity contribution is 5.84. The summed E-state index contributed by atoms with van der Waals surface area (Å²) >= 11 is 0. The molecule has 0 bridgehead atoms. The van der Waals surface area contributed by atoms with E-state index in [-0.39, 0.29) is 12.5 Å². The second-order valence-corrected chi connectivity index (χ2v) is 8.03. The smallest absolute Gasteiger partial charge is 0.351 e. The van der Waals surface area contributed by atoms with Gasteiger partial charge in [0.15, 0.2) is 0 Å². The topological polar surface area (TPSA) is 79.3 Å². The van der Waals surface area contributed by atoms with Crippen LogP contribution in [0.5, 0.6) is 0 Å². The van der Waals surface area contributed by atoms with Gasteiger partial charge >= 0.3 is 6.18 Å². The summed E-state index contributed by atoms with van der Waals surface area (Å²) in [7, 11) is 0. The molecule has 1 aromatic carbocycles. The summed E-state index contributed by atoms with van der Waals surface area (Å²) in [4.78, 5) is 26.2. The predicted molar refractivity (Wildman–Crippen MR) is 113 cm³/mol. The highest BCUT2D eigenvalue weighted by atomic mass is 19.4. The van der Waals surface area contributed by atoms with Crippen molar-refractivity contribution in [3.63, 3.8) is 0 Å². The van der Waals surface area contributed by atoms with Crippen molar-refractivity contribution < 1.29 is 22.8 Å². The van der Waals surface area contributed by atoms with Gasteiger partial charge in [-0.3, -0.25) is 19.2 Å². The van der Waals surface area contributed by atoms with Gasteiger partial charge in [-0.2, -0.15) is 18.3 Å². The van der Waals surface area contributed by atoms with Crippen molar-refractivity contribution in [2.75, 3.05) is 19.6 Å². The van der Waals surface area contributed by atoms with E-state index in [9.17, 15) is 22.8 Å². The molecular weight excluding hydrogens is 423 g/mol. The number of amides is 2. The largest absolute Gasteiger partial charge is 0.405 e. The number of aryl methyl sites for hydroxylation is 1. The van der Waals surface area contributed by atoms with Crippen LogP contribution in [0.4, 0.5) is 13.2 Å². The first kappa shape index (κ1) is 23.8. The minimum Gasteiger partial charge on any atom is -0.351 e. The molecule has 2 N–H and O–H groups in total. The number of nitrogens with one attached hydrogen (secondary N) is 2. The first-order valence-corrected chi connectivity index (χ1v) is 10.6. The van der Waals surface area contributed by atoms with Crippen LogP contribution in [0.2, 0.25) is 0 Å². The number of aromatic nitrogens is 2. The van der Waals surface area contributed by atoms with Crippen molar-refractivity contribution in [3.05, 3.63) is 52.8 Å². The lowest BCUT2D eigenvalue weighted by Crippen LogP contribution is -2.48. The van der Waals surface area contributed by atoms with E-state index in [2.05, 4.69) is 10.4 Å².